The fourth-order valence-electron chi connectivity index (χ4n) is 1.25. The smallest absolute Gasteiger partial charge is 0.269 e. The van der Waals surface area contributed by atoms with Crippen LogP contribution in [0.5, 0.6) is 0 Å². The molecule has 0 spiro atoms. The van der Waals surface area contributed by atoms with Crippen molar-refractivity contribution >= 4 is 21.2 Å². The van der Waals surface area contributed by atoms with Gasteiger partial charge in [-0.15, -0.1) is 11.3 Å². The van der Waals surface area contributed by atoms with E-state index in [1.807, 2.05) is 6.07 Å². The first-order valence-electron chi connectivity index (χ1n) is 4.94. The molecule has 0 saturated carbocycles. The van der Waals surface area contributed by atoms with Gasteiger partial charge < -0.3 is 4.52 Å². The molecule has 0 aliphatic heterocycles. The van der Waals surface area contributed by atoms with E-state index in [0.29, 0.717) is 10.4 Å². The highest BCUT2D eigenvalue weighted by Gasteiger charge is 2.24. The summed E-state index contributed by atoms with van der Waals surface area (Å²) in [5, 5.41) is 13.4. The van der Waals surface area contributed by atoms with Gasteiger partial charge in [-0.05, 0) is 18.4 Å². The van der Waals surface area contributed by atoms with Crippen molar-refractivity contribution in [3.05, 3.63) is 22.8 Å². The van der Waals surface area contributed by atoms with E-state index in [2.05, 4.69) is 10.1 Å². The lowest BCUT2D eigenvalue weighted by molar-refractivity contribution is 0.422. The zero-order valence-corrected chi connectivity index (χ0v) is 11.2. The first kappa shape index (κ1) is 12.7. The highest BCUT2D eigenvalue weighted by atomic mass is 32.2. The van der Waals surface area contributed by atoms with Gasteiger partial charge in [0.2, 0.25) is 0 Å². The molecule has 1 atom stereocenters. The van der Waals surface area contributed by atoms with Gasteiger partial charge in [0, 0.05) is 6.26 Å². The Balaban J connectivity index is 2.41. The summed E-state index contributed by atoms with van der Waals surface area (Å²) >= 11 is 1.29. The summed E-state index contributed by atoms with van der Waals surface area (Å²) in [6, 6.07) is 3.65. The van der Waals surface area contributed by atoms with Crippen molar-refractivity contribution in [3.8, 4) is 16.8 Å². The van der Waals surface area contributed by atoms with Gasteiger partial charge >= 0.3 is 0 Å². The molecule has 6 nitrogen and oxygen atoms in total. The molecule has 0 amide bonds. The van der Waals surface area contributed by atoms with Gasteiger partial charge in [0.15, 0.2) is 15.7 Å². The summed E-state index contributed by atoms with van der Waals surface area (Å²) < 4.78 is 27.8. The van der Waals surface area contributed by atoms with Crippen molar-refractivity contribution < 1.29 is 12.9 Å². The Morgan fingerprint density at radius 3 is 2.89 bits per heavy atom. The van der Waals surface area contributed by atoms with Crippen LogP contribution in [0.3, 0.4) is 0 Å². The highest BCUT2D eigenvalue weighted by Crippen LogP contribution is 2.29. The number of sulfone groups is 1. The monoisotopic (exact) mass is 283 g/mol. The molecule has 0 N–H and O–H groups in total. The van der Waals surface area contributed by atoms with E-state index >= 15 is 0 Å². The van der Waals surface area contributed by atoms with Crippen LogP contribution in [0.1, 0.15) is 23.6 Å². The minimum absolute atomic E-state index is 0.102. The molecule has 0 radical (unpaired) electrons. The number of rotatable bonds is 3. The van der Waals surface area contributed by atoms with Gasteiger partial charge in [0.25, 0.3) is 5.89 Å². The molecule has 0 bridgehead atoms. The molecule has 18 heavy (non-hydrogen) atoms. The fraction of sp³-hybridized carbons (Fsp3) is 0.300. The largest absolute Gasteiger partial charge is 0.333 e. The normalized spacial score (nSPS) is 13.2. The molecular weight excluding hydrogens is 274 g/mol. The molecule has 1 unspecified atom stereocenters. The summed E-state index contributed by atoms with van der Waals surface area (Å²) in [6.45, 7) is 1.49. The van der Waals surface area contributed by atoms with E-state index in [1.54, 1.807) is 11.4 Å². The second-order valence-corrected chi connectivity index (χ2v) is 6.99. The van der Waals surface area contributed by atoms with E-state index in [-0.39, 0.29) is 11.7 Å². The van der Waals surface area contributed by atoms with Crippen molar-refractivity contribution in [2.75, 3.05) is 6.26 Å². The second kappa shape index (κ2) is 4.51. The van der Waals surface area contributed by atoms with Gasteiger partial charge in [0.05, 0.1) is 5.56 Å². The maximum Gasteiger partial charge on any atom is 0.269 e. The third kappa shape index (κ3) is 2.27. The summed E-state index contributed by atoms with van der Waals surface area (Å²) in [7, 11) is -3.27. The van der Waals surface area contributed by atoms with Crippen molar-refractivity contribution in [1.29, 1.82) is 5.26 Å². The Morgan fingerprint density at radius 2 is 2.28 bits per heavy atom. The van der Waals surface area contributed by atoms with Crippen molar-refractivity contribution in [3.63, 3.8) is 0 Å². The molecule has 2 aromatic heterocycles. The van der Waals surface area contributed by atoms with Crippen LogP contribution in [0.15, 0.2) is 16.0 Å². The summed E-state index contributed by atoms with van der Waals surface area (Å²) in [6.07, 6.45) is 1.11. The van der Waals surface area contributed by atoms with Crippen LogP contribution in [0.4, 0.5) is 0 Å². The topological polar surface area (TPSA) is 96.8 Å². The minimum atomic E-state index is -3.27. The minimum Gasteiger partial charge on any atom is -0.333 e. The molecule has 2 rings (SSSR count). The molecule has 2 aromatic rings. The van der Waals surface area contributed by atoms with Crippen molar-refractivity contribution in [2.45, 2.75) is 12.2 Å². The first-order valence-corrected chi connectivity index (χ1v) is 7.77. The number of nitriles is 1. The predicted molar refractivity (Wildman–Crippen MR) is 65.6 cm³/mol. The van der Waals surface area contributed by atoms with Crippen molar-refractivity contribution in [2.24, 2.45) is 0 Å². The lowest BCUT2D eigenvalue weighted by atomic mass is 10.3. The van der Waals surface area contributed by atoms with Crippen molar-refractivity contribution in [1.82, 2.24) is 10.1 Å². The Hall–Kier alpha value is -1.72. The lowest BCUT2D eigenvalue weighted by Gasteiger charge is -2.01. The standard InChI is InChI=1S/C10H9N3O3S2/c1-6(18(2,14)15)9-12-10(16-13-9)8-7(5-11)3-4-17-8/h3-4,6H,1-2H3. The Morgan fingerprint density at radius 1 is 1.56 bits per heavy atom. The Bertz CT molecular complexity index is 709. The molecule has 0 aromatic carbocycles. The molecule has 0 fully saturated rings. The zero-order valence-electron chi connectivity index (χ0n) is 9.61. The van der Waals surface area contributed by atoms with E-state index in [1.165, 1.54) is 18.3 Å². The van der Waals surface area contributed by atoms with Gasteiger partial charge in [-0.3, -0.25) is 0 Å². The first-order chi connectivity index (χ1) is 8.43. The second-order valence-electron chi connectivity index (χ2n) is 3.70. The van der Waals surface area contributed by atoms with Gasteiger partial charge in [-0.25, -0.2) is 8.42 Å². The maximum atomic E-state index is 11.4. The molecule has 0 aliphatic rings. The van der Waals surface area contributed by atoms with E-state index < -0.39 is 15.1 Å². The average molecular weight is 283 g/mol. The molecule has 0 saturated heterocycles. The average Bonchev–Trinajstić information content (AvgIpc) is 2.94. The number of thiophene rings is 1. The van der Waals surface area contributed by atoms with Crippen LogP contribution in [0.2, 0.25) is 0 Å². The Labute approximate surface area is 108 Å². The molecule has 2 heterocycles. The SMILES string of the molecule is CC(c1noc(-c2sccc2C#N)n1)S(C)(=O)=O. The number of hydrogen-bond acceptors (Lipinski definition) is 7. The predicted octanol–water partition coefficient (Wildman–Crippen LogP) is 1.78. The van der Waals surface area contributed by atoms with Gasteiger partial charge in [0.1, 0.15) is 16.2 Å². The Kier molecular flexibility index (Phi) is 3.19. The van der Waals surface area contributed by atoms with E-state index in [4.69, 9.17) is 9.78 Å². The van der Waals surface area contributed by atoms with Crippen LogP contribution in [0.25, 0.3) is 10.8 Å². The van der Waals surface area contributed by atoms with Crippen LogP contribution >= 0.6 is 11.3 Å². The quantitative estimate of drug-likeness (QED) is 0.851. The fourth-order valence-corrected chi connectivity index (χ4v) is 2.49. The maximum absolute atomic E-state index is 11.4. The summed E-state index contributed by atoms with van der Waals surface area (Å²) in [4.78, 5) is 4.58. The molecular formula is C10H9N3O3S2. The number of aromatic nitrogens is 2. The van der Waals surface area contributed by atoms with E-state index in [9.17, 15) is 8.42 Å². The van der Waals surface area contributed by atoms with Gasteiger partial charge in [-0.2, -0.15) is 10.2 Å². The third-order valence-electron chi connectivity index (χ3n) is 2.43. The summed E-state index contributed by atoms with van der Waals surface area (Å²) in [5.74, 6) is 0.275. The van der Waals surface area contributed by atoms with E-state index in [0.717, 1.165) is 6.26 Å². The molecule has 8 heteroatoms. The van der Waals surface area contributed by atoms with Crippen LogP contribution < -0.4 is 0 Å². The third-order valence-corrected chi connectivity index (χ3v) is 4.83. The van der Waals surface area contributed by atoms with Crippen LogP contribution in [0, 0.1) is 11.3 Å². The zero-order chi connectivity index (χ0) is 13.3. The number of nitrogens with zero attached hydrogens (tertiary/aromatic N) is 3. The molecule has 0 aliphatic carbocycles. The lowest BCUT2D eigenvalue weighted by Crippen LogP contribution is -2.09. The molecule has 94 valence electrons. The number of hydrogen-bond donors (Lipinski definition) is 0. The van der Waals surface area contributed by atoms with Crippen LogP contribution in [-0.4, -0.2) is 24.8 Å². The van der Waals surface area contributed by atoms with Crippen LogP contribution in [-0.2, 0) is 9.84 Å². The highest BCUT2D eigenvalue weighted by molar-refractivity contribution is 7.90. The van der Waals surface area contributed by atoms with Gasteiger partial charge in [-0.1, -0.05) is 5.16 Å². The summed E-state index contributed by atoms with van der Waals surface area (Å²) in [5.41, 5.74) is 0.433.